The summed E-state index contributed by atoms with van der Waals surface area (Å²) in [5.74, 6) is 0.305. The van der Waals surface area contributed by atoms with Crippen LogP contribution in [0.15, 0.2) is 77.3 Å². The molecule has 5 heteroatoms. The molecule has 3 aromatic rings. The summed E-state index contributed by atoms with van der Waals surface area (Å²) in [6.07, 6.45) is 4.60. The molecule has 2 aliphatic rings. The van der Waals surface area contributed by atoms with Crippen LogP contribution in [-0.2, 0) is 15.0 Å². The molecule has 1 amide bonds. The highest BCUT2D eigenvalue weighted by atomic mass is 32.1. The Labute approximate surface area is 230 Å². The van der Waals surface area contributed by atoms with E-state index in [-0.39, 0.29) is 23.0 Å². The molecular weight excluding hydrogens is 488 g/mol. The Balaban J connectivity index is 1.58. The Kier molecular flexibility index (Phi) is 7.58. The molecule has 0 fully saturated rings. The number of benzene rings is 2. The molecule has 1 aliphatic heterocycles. The van der Waals surface area contributed by atoms with Crippen LogP contribution in [0.5, 0.6) is 0 Å². The molecule has 38 heavy (non-hydrogen) atoms. The first-order chi connectivity index (χ1) is 18.3. The van der Waals surface area contributed by atoms with Crippen molar-refractivity contribution in [2.24, 2.45) is 0 Å². The van der Waals surface area contributed by atoms with Crippen molar-refractivity contribution >= 4 is 34.4 Å². The van der Waals surface area contributed by atoms with E-state index in [2.05, 4.69) is 63.3 Å². The van der Waals surface area contributed by atoms with E-state index in [0.717, 1.165) is 53.2 Å². The lowest BCUT2D eigenvalue weighted by Gasteiger charge is -2.34. The summed E-state index contributed by atoms with van der Waals surface area (Å²) < 4.78 is 0. The number of ketones is 1. The number of Topliss-reactive ketones (excluding diaryl/α,β-unsaturated/α-hetero) is 1. The second kappa shape index (κ2) is 10.9. The maximum absolute atomic E-state index is 14.0. The zero-order valence-electron chi connectivity index (χ0n) is 22.9. The largest absolute Gasteiger partial charge is 0.357 e. The zero-order valence-corrected chi connectivity index (χ0v) is 23.7. The van der Waals surface area contributed by atoms with Crippen molar-refractivity contribution in [3.05, 3.63) is 93.3 Å². The monoisotopic (exact) mass is 526 g/mol. The number of carbonyl (C=O) groups is 2. The van der Waals surface area contributed by atoms with Crippen LogP contribution in [0, 0.1) is 0 Å². The van der Waals surface area contributed by atoms with Crippen LogP contribution in [0.2, 0.25) is 0 Å². The number of fused-ring (bicyclic) bond motifs is 1. The fourth-order valence-electron chi connectivity index (χ4n) is 5.72. The van der Waals surface area contributed by atoms with Gasteiger partial charge in [-0.05, 0) is 58.9 Å². The Bertz CT molecular complexity index is 1330. The van der Waals surface area contributed by atoms with E-state index in [0.29, 0.717) is 12.8 Å². The predicted molar refractivity (Wildman–Crippen MR) is 158 cm³/mol. The molecule has 4 nitrogen and oxygen atoms in total. The number of nitrogens with zero attached hydrogens (tertiary/aromatic N) is 1. The standard InChI is InChI=1S/C33H38N2O2S/c1-5-6-7-14-30(37)35-27-12-9-8-11-25(27)34-26-20-23(22-15-17-24(18-16-22)33(2,3)4)21-28(36)31(26)32(35)29-13-10-19-38-29/h8-13,15-19,23,32,34H,5-7,14,20-21H2,1-4H3/t23-,32+/m1/s1. The average molecular weight is 527 g/mol. The highest BCUT2D eigenvalue weighted by Gasteiger charge is 2.41. The minimum atomic E-state index is -0.410. The van der Waals surface area contributed by atoms with E-state index >= 15 is 0 Å². The number of para-hydroxylation sites is 2. The fraction of sp³-hybridized carbons (Fsp3) is 0.394. The third kappa shape index (κ3) is 5.22. The van der Waals surface area contributed by atoms with Gasteiger partial charge in [0.1, 0.15) is 6.04 Å². The van der Waals surface area contributed by atoms with E-state index in [1.807, 2.05) is 40.6 Å². The molecule has 5 rings (SSSR count). The van der Waals surface area contributed by atoms with Gasteiger partial charge in [-0.3, -0.25) is 14.5 Å². The van der Waals surface area contributed by atoms with Gasteiger partial charge in [0.25, 0.3) is 0 Å². The summed E-state index contributed by atoms with van der Waals surface area (Å²) in [5.41, 5.74) is 6.00. The van der Waals surface area contributed by atoms with Crippen LogP contribution < -0.4 is 10.2 Å². The normalized spacial score (nSPS) is 19.5. The predicted octanol–water partition coefficient (Wildman–Crippen LogP) is 8.53. The molecule has 0 unspecified atom stereocenters. The Morgan fingerprint density at radius 2 is 1.76 bits per heavy atom. The number of carbonyl (C=O) groups excluding carboxylic acids is 2. The van der Waals surface area contributed by atoms with E-state index in [4.69, 9.17) is 0 Å². The molecule has 0 saturated carbocycles. The third-order valence-corrected chi connectivity index (χ3v) is 8.74. The summed E-state index contributed by atoms with van der Waals surface area (Å²) >= 11 is 1.61. The highest BCUT2D eigenvalue weighted by molar-refractivity contribution is 7.10. The van der Waals surface area contributed by atoms with Crippen LogP contribution >= 0.6 is 11.3 Å². The Hall–Kier alpha value is -3.18. The van der Waals surface area contributed by atoms with Gasteiger partial charge in [-0.25, -0.2) is 0 Å². The number of rotatable bonds is 6. The van der Waals surface area contributed by atoms with Crippen LogP contribution in [-0.4, -0.2) is 11.7 Å². The number of hydrogen-bond acceptors (Lipinski definition) is 4. The van der Waals surface area contributed by atoms with Gasteiger partial charge in [0.2, 0.25) is 5.91 Å². The maximum atomic E-state index is 14.0. The van der Waals surface area contributed by atoms with Gasteiger partial charge < -0.3 is 5.32 Å². The van der Waals surface area contributed by atoms with Crippen molar-refractivity contribution < 1.29 is 9.59 Å². The lowest BCUT2D eigenvalue weighted by molar-refractivity contribution is -0.119. The lowest BCUT2D eigenvalue weighted by Crippen LogP contribution is -2.38. The molecular formula is C33H38N2O2S. The summed E-state index contributed by atoms with van der Waals surface area (Å²) in [7, 11) is 0. The van der Waals surface area contributed by atoms with Crippen molar-refractivity contribution in [2.75, 3.05) is 10.2 Å². The summed E-state index contributed by atoms with van der Waals surface area (Å²) in [4.78, 5) is 30.8. The van der Waals surface area contributed by atoms with Gasteiger partial charge in [-0.1, -0.05) is 83.0 Å². The molecule has 1 N–H and O–H groups in total. The molecule has 2 atom stereocenters. The average Bonchev–Trinajstić information content (AvgIpc) is 3.38. The van der Waals surface area contributed by atoms with Gasteiger partial charge in [-0.2, -0.15) is 0 Å². The quantitative estimate of drug-likeness (QED) is 0.328. The van der Waals surface area contributed by atoms with E-state index in [1.165, 1.54) is 11.1 Å². The smallest absolute Gasteiger partial charge is 0.227 e. The minimum Gasteiger partial charge on any atom is -0.357 e. The van der Waals surface area contributed by atoms with Crippen molar-refractivity contribution in [1.82, 2.24) is 0 Å². The lowest BCUT2D eigenvalue weighted by atomic mass is 9.78. The Morgan fingerprint density at radius 1 is 1.00 bits per heavy atom. The van der Waals surface area contributed by atoms with Gasteiger partial charge in [-0.15, -0.1) is 11.3 Å². The maximum Gasteiger partial charge on any atom is 0.227 e. The summed E-state index contributed by atoms with van der Waals surface area (Å²) in [6, 6.07) is 20.4. The summed E-state index contributed by atoms with van der Waals surface area (Å²) in [5, 5.41) is 5.67. The Morgan fingerprint density at radius 3 is 2.45 bits per heavy atom. The number of anilines is 2. The molecule has 198 valence electrons. The molecule has 1 aliphatic carbocycles. The molecule has 2 heterocycles. The number of unbranched alkanes of at least 4 members (excludes halogenated alkanes) is 2. The molecule has 0 saturated heterocycles. The topological polar surface area (TPSA) is 49.4 Å². The number of nitrogens with one attached hydrogen (secondary N) is 1. The first-order valence-electron chi connectivity index (χ1n) is 13.9. The SMILES string of the molecule is CCCCCC(=O)N1c2ccccc2NC2=C(C(=O)C[C@H](c3ccc(C(C)(C)C)cc3)C2)[C@@H]1c1cccs1. The van der Waals surface area contributed by atoms with Gasteiger partial charge in [0.05, 0.1) is 11.4 Å². The number of allylic oxidation sites excluding steroid dienone is 1. The number of thiophene rings is 1. The first kappa shape index (κ1) is 26.4. The van der Waals surface area contributed by atoms with Gasteiger partial charge in [0.15, 0.2) is 5.78 Å². The third-order valence-electron chi connectivity index (χ3n) is 7.81. The molecule has 0 spiro atoms. The highest BCUT2D eigenvalue weighted by Crippen LogP contribution is 2.48. The minimum absolute atomic E-state index is 0.0764. The molecule has 0 bridgehead atoms. The van der Waals surface area contributed by atoms with Crippen LogP contribution in [0.1, 0.15) is 94.2 Å². The zero-order chi connectivity index (χ0) is 26.9. The van der Waals surface area contributed by atoms with E-state index < -0.39 is 6.04 Å². The van der Waals surface area contributed by atoms with E-state index in [9.17, 15) is 9.59 Å². The van der Waals surface area contributed by atoms with Gasteiger partial charge >= 0.3 is 0 Å². The molecule has 1 aromatic heterocycles. The van der Waals surface area contributed by atoms with Crippen LogP contribution in [0.25, 0.3) is 0 Å². The van der Waals surface area contributed by atoms with Crippen molar-refractivity contribution in [3.8, 4) is 0 Å². The number of amides is 1. The second-order valence-electron chi connectivity index (χ2n) is 11.6. The van der Waals surface area contributed by atoms with Crippen molar-refractivity contribution in [2.45, 2.75) is 83.6 Å². The fourth-order valence-corrected chi connectivity index (χ4v) is 6.54. The summed E-state index contributed by atoms with van der Waals surface area (Å²) in [6.45, 7) is 8.80. The molecule has 0 radical (unpaired) electrons. The molecule has 2 aromatic carbocycles. The number of hydrogen-bond donors (Lipinski definition) is 1. The first-order valence-corrected chi connectivity index (χ1v) is 14.7. The van der Waals surface area contributed by atoms with Crippen molar-refractivity contribution in [3.63, 3.8) is 0 Å². The van der Waals surface area contributed by atoms with Gasteiger partial charge in [0, 0.05) is 29.0 Å². The second-order valence-corrected chi connectivity index (χ2v) is 12.6. The van der Waals surface area contributed by atoms with Crippen molar-refractivity contribution in [1.29, 1.82) is 0 Å². The van der Waals surface area contributed by atoms with Crippen LogP contribution in [0.3, 0.4) is 0 Å². The van der Waals surface area contributed by atoms with Crippen LogP contribution in [0.4, 0.5) is 11.4 Å². The van der Waals surface area contributed by atoms with E-state index in [1.54, 1.807) is 11.3 Å².